The Morgan fingerprint density at radius 1 is 1.53 bits per heavy atom. The second kappa shape index (κ2) is 6.06. The minimum Gasteiger partial charge on any atom is -0.361 e. The van der Waals surface area contributed by atoms with Crippen LogP contribution in [0.4, 0.5) is 4.79 Å². The summed E-state index contributed by atoms with van der Waals surface area (Å²) in [5.41, 5.74) is 0.935. The molecule has 1 aromatic rings. The fourth-order valence-electron chi connectivity index (χ4n) is 2.31. The highest BCUT2D eigenvalue weighted by Crippen LogP contribution is 2.12. The Morgan fingerprint density at radius 2 is 2.21 bits per heavy atom. The minimum absolute atomic E-state index is 0.102. The van der Waals surface area contributed by atoms with E-state index in [0.717, 1.165) is 43.9 Å². The summed E-state index contributed by atoms with van der Waals surface area (Å²) in [6.45, 7) is 4.24. The zero-order chi connectivity index (χ0) is 13.8. The van der Waals surface area contributed by atoms with Gasteiger partial charge in [-0.1, -0.05) is 5.16 Å². The Bertz CT molecular complexity index is 422. The number of rotatable bonds is 3. The molecule has 2 amide bonds. The third-order valence-corrected chi connectivity index (χ3v) is 3.40. The number of nitrogens with one attached hydrogen (secondary N) is 1. The molecule has 0 atom stereocenters. The van der Waals surface area contributed by atoms with E-state index in [9.17, 15) is 4.79 Å². The SMILES string of the molecule is Cc1cc(CNC2CCN(C(=O)N(C)C)CC2)no1. The van der Waals surface area contributed by atoms with E-state index >= 15 is 0 Å². The molecule has 0 spiro atoms. The van der Waals surface area contributed by atoms with Crippen LogP contribution in [0.1, 0.15) is 24.3 Å². The first kappa shape index (κ1) is 13.9. The molecule has 1 aromatic heterocycles. The van der Waals surface area contributed by atoms with Gasteiger partial charge in [0.05, 0.1) is 5.69 Å². The molecule has 1 fully saturated rings. The smallest absolute Gasteiger partial charge is 0.319 e. The number of urea groups is 1. The predicted molar refractivity (Wildman–Crippen MR) is 71.8 cm³/mol. The first-order chi connectivity index (χ1) is 9.06. The molecule has 1 N–H and O–H groups in total. The van der Waals surface area contributed by atoms with E-state index in [4.69, 9.17) is 4.52 Å². The van der Waals surface area contributed by atoms with Crippen molar-refractivity contribution in [2.24, 2.45) is 0 Å². The van der Waals surface area contributed by atoms with Gasteiger partial charge in [-0.15, -0.1) is 0 Å². The second-order valence-corrected chi connectivity index (χ2v) is 5.25. The quantitative estimate of drug-likeness (QED) is 0.893. The van der Waals surface area contributed by atoms with Crippen molar-refractivity contribution in [3.05, 3.63) is 17.5 Å². The Labute approximate surface area is 113 Å². The standard InChI is InChI=1S/C13H22N4O2/c1-10-8-12(15-19-10)9-14-11-4-6-17(7-5-11)13(18)16(2)3/h8,11,14H,4-7,9H2,1-3H3. The monoisotopic (exact) mass is 266 g/mol. The van der Waals surface area contributed by atoms with Crippen LogP contribution >= 0.6 is 0 Å². The van der Waals surface area contributed by atoms with Crippen molar-refractivity contribution in [3.63, 3.8) is 0 Å². The second-order valence-electron chi connectivity index (χ2n) is 5.25. The summed E-state index contributed by atoms with van der Waals surface area (Å²) in [6, 6.07) is 2.49. The van der Waals surface area contributed by atoms with Crippen molar-refractivity contribution in [2.75, 3.05) is 27.2 Å². The number of piperidine rings is 1. The summed E-state index contributed by atoms with van der Waals surface area (Å²) in [7, 11) is 3.58. The zero-order valence-corrected chi connectivity index (χ0v) is 11.8. The van der Waals surface area contributed by atoms with Crippen LogP contribution in [0.2, 0.25) is 0 Å². The molecule has 0 aliphatic carbocycles. The molecule has 6 heteroatoms. The van der Waals surface area contributed by atoms with Gasteiger partial charge in [-0.3, -0.25) is 0 Å². The van der Waals surface area contributed by atoms with Crippen molar-refractivity contribution >= 4 is 6.03 Å². The molecule has 6 nitrogen and oxygen atoms in total. The average molecular weight is 266 g/mol. The van der Waals surface area contributed by atoms with Crippen LogP contribution < -0.4 is 5.32 Å². The Hall–Kier alpha value is -1.56. The summed E-state index contributed by atoms with van der Waals surface area (Å²) < 4.78 is 5.03. The van der Waals surface area contributed by atoms with E-state index in [1.165, 1.54) is 0 Å². The van der Waals surface area contributed by atoms with E-state index in [2.05, 4.69) is 10.5 Å². The molecular formula is C13H22N4O2. The Balaban J connectivity index is 1.73. The van der Waals surface area contributed by atoms with Gasteiger partial charge in [0.15, 0.2) is 0 Å². The topological polar surface area (TPSA) is 61.6 Å². The first-order valence-electron chi connectivity index (χ1n) is 6.68. The molecule has 1 saturated heterocycles. The molecular weight excluding hydrogens is 244 g/mol. The van der Waals surface area contributed by atoms with Crippen molar-refractivity contribution in [3.8, 4) is 0 Å². The molecule has 2 rings (SSSR count). The van der Waals surface area contributed by atoms with Crippen molar-refractivity contribution in [1.29, 1.82) is 0 Å². The highest BCUT2D eigenvalue weighted by atomic mass is 16.5. The van der Waals surface area contributed by atoms with Gasteiger partial charge < -0.3 is 19.6 Å². The summed E-state index contributed by atoms with van der Waals surface area (Å²) in [6.07, 6.45) is 1.97. The number of nitrogens with zero attached hydrogens (tertiary/aromatic N) is 3. The molecule has 0 radical (unpaired) electrons. The van der Waals surface area contributed by atoms with E-state index < -0.39 is 0 Å². The molecule has 0 unspecified atom stereocenters. The first-order valence-corrected chi connectivity index (χ1v) is 6.68. The molecule has 0 aromatic carbocycles. The Morgan fingerprint density at radius 3 is 2.74 bits per heavy atom. The van der Waals surface area contributed by atoms with Crippen LogP contribution in [0.25, 0.3) is 0 Å². The maximum absolute atomic E-state index is 11.8. The number of aromatic nitrogens is 1. The van der Waals surface area contributed by atoms with Gasteiger partial charge in [-0.2, -0.15) is 0 Å². The van der Waals surface area contributed by atoms with Gasteiger partial charge in [0, 0.05) is 45.8 Å². The summed E-state index contributed by atoms with van der Waals surface area (Å²) >= 11 is 0. The minimum atomic E-state index is 0.102. The maximum Gasteiger partial charge on any atom is 0.319 e. The number of carbonyl (C=O) groups is 1. The van der Waals surface area contributed by atoms with Crippen molar-refractivity contribution < 1.29 is 9.32 Å². The number of aryl methyl sites for hydroxylation is 1. The van der Waals surface area contributed by atoms with Crippen molar-refractivity contribution in [2.45, 2.75) is 32.4 Å². The number of amides is 2. The lowest BCUT2D eigenvalue weighted by molar-refractivity contribution is 0.152. The van der Waals surface area contributed by atoms with Crippen LogP contribution in [0.5, 0.6) is 0 Å². The van der Waals surface area contributed by atoms with Crippen LogP contribution in [-0.2, 0) is 6.54 Å². The number of likely N-dealkylation sites (tertiary alicyclic amines) is 1. The lowest BCUT2D eigenvalue weighted by atomic mass is 10.1. The third-order valence-electron chi connectivity index (χ3n) is 3.40. The van der Waals surface area contributed by atoms with E-state index in [0.29, 0.717) is 6.04 Å². The van der Waals surface area contributed by atoms with Gasteiger partial charge in [0.25, 0.3) is 0 Å². The summed E-state index contributed by atoms with van der Waals surface area (Å²) in [5.74, 6) is 0.836. The van der Waals surface area contributed by atoms with Gasteiger partial charge >= 0.3 is 6.03 Å². The lowest BCUT2D eigenvalue weighted by Crippen LogP contribution is -2.47. The molecule has 1 aliphatic heterocycles. The highest BCUT2D eigenvalue weighted by Gasteiger charge is 2.23. The van der Waals surface area contributed by atoms with E-state index in [-0.39, 0.29) is 6.03 Å². The van der Waals surface area contributed by atoms with Gasteiger partial charge in [-0.25, -0.2) is 4.79 Å². The average Bonchev–Trinajstić information content (AvgIpc) is 2.82. The predicted octanol–water partition coefficient (Wildman–Crippen LogP) is 1.22. The Kier molecular flexibility index (Phi) is 4.42. The van der Waals surface area contributed by atoms with Crippen molar-refractivity contribution in [1.82, 2.24) is 20.3 Å². The summed E-state index contributed by atoms with van der Waals surface area (Å²) in [5, 5.41) is 7.42. The van der Waals surface area contributed by atoms with Crippen LogP contribution in [0, 0.1) is 6.92 Å². The third kappa shape index (κ3) is 3.70. The number of carbonyl (C=O) groups excluding carboxylic acids is 1. The highest BCUT2D eigenvalue weighted by molar-refractivity contribution is 5.73. The van der Waals surface area contributed by atoms with Gasteiger partial charge in [-0.05, 0) is 19.8 Å². The van der Waals surface area contributed by atoms with Crippen LogP contribution in [-0.4, -0.2) is 54.2 Å². The van der Waals surface area contributed by atoms with E-state index in [1.54, 1.807) is 19.0 Å². The van der Waals surface area contributed by atoms with Gasteiger partial charge in [0.1, 0.15) is 5.76 Å². The largest absolute Gasteiger partial charge is 0.361 e. The normalized spacial score (nSPS) is 16.7. The fourth-order valence-corrected chi connectivity index (χ4v) is 2.31. The molecule has 0 bridgehead atoms. The lowest BCUT2D eigenvalue weighted by Gasteiger charge is -2.33. The zero-order valence-electron chi connectivity index (χ0n) is 11.8. The van der Waals surface area contributed by atoms with Gasteiger partial charge in [0.2, 0.25) is 0 Å². The number of hydrogen-bond donors (Lipinski definition) is 1. The maximum atomic E-state index is 11.8. The van der Waals surface area contributed by atoms with Crippen LogP contribution in [0.15, 0.2) is 10.6 Å². The molecule has 106 valence electrons. The molecule has 19 heavy (non-hydrogen) atoms. The fraction of sp³-hybridized carbons (Fsp3) is 0.692. The molecule has 1 aliphatic rings. The summed E-state index contributed by atoms with van der Waals surface area (Å²) in [4.78, 5) is 15.3. The molecule has 2 heterocycles. The number of hydrogen-bond acceptors (Lipinski definition) is 4. The van der Waals surface area contributed by atoms with E-state index in [1.807, 2.05) is 17.9 Å². The van der Waals surface area contributed by atoms with Crippen LogP contribution in [0.3, 0.4) is 0 Å². The molecule has 0 saturated carbocycles.